The summed E-state index contributed by atoms with van der Waals surface area (Å²) in [7, 11) is 0. The van der Waals surface area contributed by atoms with E-state index in [4.69, 9.17) is 9.47 Å². The molecule has 1 saturated heterocycles. The number of hydrogen-bond donors (Lipinski definition) is 2. The molecule has 1 aromatic carbocycles. The molecule has 0 bridgehead atoms. The Hall–Kier alpha value is -2.75. The Labute approximate surface area is 188 Å². The Morgan fingerprint density at radius 2 is 1.91 bits per heavy atom. The number of benzene rings is 1. The summed E-state index contributed by atoms with van der Waals surface area (Å²) in [5.41, 5.74) is 3.48. The summed E-state index contributed by atoms with van der Waals surface area (Å²) in [6.45, 7) is 8.55. The number of unbranched alkanes of at least 4 members (excludes halogenated alkanes) is 1. The van der Waals surface area contributed by atoms with Crippen LogP contribution >= 0.6 is 0 Å². The van der Waals surface area contributed by atoms with Gasteiger partial charge in [-0.25, -0.2) is 4.98 Å². The van der Waals surface area contributed by atoms with Crippen LogP contribution in [0.2, 0.25) is 0 Å². The van der Waals surface area contributed by atoms with Crippen molar-refractivity contribution in [1.29, 1.82) is 0 Å². The van der Waals surface area contributed by atoms with Crippen LogP contribution in [0.1, 0.15) is 30.9 Å². The lowest BCUT2D eigenvalue weighted by molar-refractivity contribution is 0.0398. The van der Waals surface area contributed by atoms with Crippen LogP contribution in [0.15, 0.2) is 30.6 Å². The van der Waals surface area contributed by atoms with Crippen LogP contribution in [-0.4, -0.2) is 75.5 Å². The highest BCUT2D eigenvalue weighted by Gasteiger charge is 2.16. The van der Waals surface area contributed by atoms with Gasteiger partial charge in [-0.2, -0.15) is 9.97 Å². The first-order valence-corrected chi connectivity index (χ1v) is 11.3. The second kappa shape index (κ2) is 11.2. The normalized spacial score (nSPS) is 14.7. The number of rotatable bonds is 11. The fourth-order valence-electron chi connectivity index (χ4n) is 3.64. The predicted molar refractivity (Wildman–Crippen MR) is 123 cm³/mol. The highest BCUT2D eigenvalue weighted by Crippen LogP contribution is 2.23. The number of imidazole rings is 1. The molecule has 1 fully saturated rings. The minimum Gasteiger partial charge on any atom is -0.463 e. The molecule has 172 valence electrons. The van der Waals surface area contributed by atoms with Crippen molar-refractivity contribution in [2.75, 3.05) is 51.3 Å². The Kier molecular flexibility index (Phi) is 7.87. The van der Waals surface area contributed by atoms with Crippen molar-refractivity contribution in [3.05, 3.63) is 41.7 Å². The Balaban J connectivity index is 1.53. The third-order valence-corrected chi connectivity index (χ3v) is 5.56. The maximum Gasteiger partial charge on any atom is 0.320 e. The van der Waals surface area contributed by atoms with Crippen molar-refractivity contribution in [3.63, 3.8) is 0 Å². The van der Waals surface area contributed by atoms with Crippen molar-refractivity contribution in [3.8, 4) is 6.01 Å². The number of anilines is 1. The number of aliphatic hydroxyl groups is 1. The largest absolute Gasteiger partial charge is 0.463 e. The van der Waals surface area contributed by atoms with Gasteiger partial charge in [-0.3, -0.25) is 4.90 Å². The average Bonchev–Trinajstić information content (AvgIpc) is 3.23. The van der Waals surface area contributed by atoms with Crippen LogP contribution in [-0.2, 0) is 17.9 Å². The number of nitrogens with zero attached hydrogens (tertiary/aromatic N) is 5. The molecule has 4 rings (SSSR count). The van der Waals surface area contributed by atoms with Gasteiger partial charge in [0.2, 0.25) is 0 Å². The summed E-state index contributed by atoms with van der Waals surface area (Å²) in [4.78, 5) is 16.2. The molecule has 1 aliphatic heterocycles. The zero-order valence-corrected chi connectivity index (χ0v) is 18.7. The summed E-state index contributed by atoms with van der Waals surface area (Å²) in [5, 5.41) is 12.7. The average molecular weight is 441 g/mol. The van der Waals surface area contributed by atoms with Crippen LogP contribution < -0.4 is 10.1 Å². The molecule has 0 amide bonds. The molecule has 9 nitrogen and oxygen atoms in total. The summed E-state index contributed by atoms with van der Waals surface area (Å²) < 4.78 is 13.3. The number of ether oxygens (including phenoxy) is 2. The number of hydrogen-bond acceptors (Lipinski definition) is 8. The molecular weight excluding hydrogens is 408 g/mol. The SMILES string of the molecule is CCCCOc1nc(NCCN2CCOCC2)c2ncn(Cc3ccc(CO)cc3)c2n1. The van der Waals surface area contributed by atoms with Crippen LogP contribution in [0, 0.1) is 0 Å². The van der Waals surface area contributed by atoms with Gasteiger partial charge in [0.25, 0.3) is 0 Å². The maximum atomic E-state index is 9.27. The predicted octanol–water partition coefficient (Wildman–Crippen LogP) is 2.29. The molecule has 0 saturated carbocycles. The van der Waals surface area contributed by atoms with E-state index in [0.717, 1.165) is 74.5 Å². The third kappa shape index (κ3) is 5.73. The first-order chi connectivity index (χ1) is 15.8. The summed E-state index contributed by atoms with van der Waals surface area (Å²) in [6.07, 6.45) is 3.80. The van der Waals surface area contributed by atoms with Gasteiger partial charge in [0.1, 0.15) is 0 Å². The van der Waals surface area contributed by atoms with Gasteiger partial charge in [0.05, 0.1) is 39.3 Å². The molecule has 0 spiro atoms. The lowest BCUT2D eigenvalue weighted by Crippen LogP contribution is -2.39. The van der Waals surface area contributed by atoms with Crippen molar-refractivity contribution in [1.82, 2.24) is 24.4 Å². The minimum atomic E-state index is 0.0411. The fraction of sp³-hybridized carbons (Fsp3) is 0.522. The van der Waals surface area contributed by atoms with E-state index in [-0.39, 0.29) is 6.61 Å². The first-order valence-electron chi connectivity index (χ1n) is 11.3. The van der Waals surface area contributed by atoms with E-state index < -0.39 is 0 Å². The van der Waals surface area contributed by atoms with Crippen LogP contribution in [0.4, 0.5) is 5.82 Å². The second-order valence-electron chi connectivity index (χ2n) is 7.96. The van der Waals surface area contributed by atoms with E-state index in [0.29, 0.717) is 25.0 Å². The van der Waals surface area contributed by atoms with E-state index in [2.05, 4.69) is 32.1 Å². The van der Waals surface area contributed by atoms with Gasteiger partial charge in [0.15, 0.2) is 17.0 Å². The lowest BCUT2D eigenvalue weighted by Gasteiger charge is -2.26. The van der Waals surface area contributed by atoms with Crippen molar-refractivity contribution < 1.29 is 14.6 Å². The van der Waals surface area contributed by atoms with Crippen LogP contribution in [0.3, 0.4) is 0 Å². The van der Waals surface area contributed by atoms with Crippen molar-refractivity contribution >= 4 is 17.0 Å². The first kappa shape index (κ1) is 22.4. The molecule has 9 heteroatoms. The molecule has 0 atom stereocenters. The second-order valence-corrected chi connectivity index (χ2v) is 7.96. The molecule has 0 aliphatic carbocycles. The summed E-state index contributed by atoms with van der Waals surface area (Å²) in [6, 6.07) is 8.26. The standard InChI is InChI=1S/C23H32N6O3/c1-2-3-12-32-23-26-21(24-8-9-28-10-13-31-14-11-28)20-22(27-23)29(17-25-20)15-18-4-6-19(16-30)7-5-18/h4-7,17,30H,2-3,8-16H2,1H3,(H,24,26,27). The monoisotopic (exact) mass is 440 g/mol. The van der Waals surface area contributed by atoms with Crippen LogP contribution in [0.5, 0.6) is 6.01 Å². The van der Waals surface area contributed by atoms with Gasteiger partial charge in [-0.15, -0.1) is 0 Å². The Morgan fingerprint density at radius 3 is 2.66 bits per heavy atom. The minimum absolute atomic E-state index is 0.0411. The van der Waals surface area contributed by atoms with E-state index in [9.17, 15) is 5.11 Å². The maximum absolute atomic E-state index is 9.27. The van der Waals surface area contributed by atoms with Gasteiger partial charge in [-0.05, 0) is 17.5 Å². The van der Waals surface area contributed by atoms with E-state index in [1.165, 1.54) is 0 Å². The molecule has 2 aromatic heterocycles. The zero-order valence-electron chi connectivity index (χ0n) is 18.7. The Morgan fingerprint density at radius 1 is 1.12 bits per heavy atom. The topological polar surface area (TPSA) is 97.6 Å². The number of nitrogens with one attached hydrogen (secondary N) is 1. The molecular formula is C23H32N6O3. The third-order valence-electron chi connectivity index (χ3n) is 5.56. The quantitative estimate of drug-likeness (QED) is 0.439. The smallest absolute Gasteiger partial charge is 0.320 e. The van der Waals surface area contributed by atoms with Crippen molar-refractivity contribution in [2.24, 2.45) is 0 Å². The Bertz CT molecular complexity index is 985. The van der Waals surface area contributed by atoms with Gasteiger partial charge in [-0.1, -0.05) is 37.6 Å². The number of aromatic nitrogens is 4. The molecule has 32 heavy (non-hydrogen) atoms. The number of fused-ring (bicyclic) bond motifs is 1. The summed E-state index contributed by atoms with van der Waals surface area (Å²) >= 11 is 0. The molecule has 0 unspecified atom stereocenters. The highest BCUT2D eigenvalue weighted by molar-refractivity contribution is 5.83. The summed E-state index contributed by atoms with van der Waals surface area (Å²) in [5.74, 6) is 0.698. The molecule has 0 radical (unpaired) electrons. The van der Waals surface area contributed by atoms with Gasteiger partial charge in [0, 0.05) is 26.2 Å². The zero-order chi connectivity index (χ0) is 22.2. The fourth-order valence-corrected chi connectivity index (χ4v) is 3.64. The van der Waals surface area contributed by atoms with Gasteiger partial charge >= 0.3 is 6.01 Å². The van der Waals surface area contributed by atoms with E-state index in [1.54, 1.807) is 6.33 Å². The molecule has 3 aromatic rings. The van der Waals surface area contributed by atoms with Crippen LogP contribution in [0.25, 0.3) is 11.2 Å². The van der Waals surface area contributed by atoms with E-state index in [1.807, 2.05) is 28.8 Å². The number of morpholine rings is 1. The van der Waals surface area contributed by atoms with E-state index >= 15 is 0 Å². The highest BCUT2D eigenvalue weighted by atomic mass is 16.5. The van der Waals surface area contributed by atoms with Crippen molar-refractivity contribution in [2.45, 2.75) is 32.9 Å². The molecule has 1 aliphatic rings. The number of aliphatic hydroxyl groups excluding tert-OH is 1. The lowest BCUT2D eigenvalue weighted by atomic mass is 10.1. The molecule has 3 heterocycles. The molecule has 2 N–H and O–H groups in total. The van der Waals surface area contributed by atoms with Gasteiger partial charge < -0.3 is 24.5 Å².